The summed E-state index contributed by atoms with van der Waals surface area (Å²) in [7, 11) is 3.65. The van der Waals surface area contributed by atoms with Crippen LogP contribution in [0.3, 0.4) is 0 Å². The summed E-state index contributed by atoms with van der Waals surface area (Å²) in [4.78, 5) is 58.6. The van der Waals surface area contributed by atoms with Gasteiger partial charge in [0.15, 0.2) is 5.96 Å². The summed E-state index contributed by atoms with van der Waals surface area (Å²) >= 11 is 0. The first-order valence-electron chi connectivity index (χ1n) is 15.7. The van der Waals surface area contributed by atoms with Crippen LogP contribution in [0.4, 0.5) is 11.4 Å². The number of hydrogen-bond donors (Lipinski definition) is 8. The number of rotatable bonds is 16. The quantitative estimate of drug-likeness (QED) is 0.0267. The Morgan fingerprint density at radius 2 is 1.62 bits per heavy atom. The molecule has 0 fully saturated rings. The van der Waals surface area contributed by atoms with Gasteiger partial charge >= 0.3 is 5.97 Å². The fourth-order valence-electron chi connectivity index (χ4n) is 4.77. The lowest BCUT2D eigenvalue weighted by molar-refractivity contribution is -0.130. The van der Waals surface area contributed by atoms with Crippen molar-refractivity contribution >= 4 is 47.1 Å². The predicted octanol–water partition coefficient (Wildman–Crippen LogP) is 1.52. The Hall–Kier alpha value is -6.09. The molecule has 15 nitrogen and oxygen atoms in total. The van der Waals surface area contributed by atoms with Gasteiger partial charge in [-0.15, -0.1) is 0 Å². The minimum Gasteiger partial charge on any atom is -0.508 e. The summed E-state index contributed by atoms with van der Waals surface area (Å²) in [6.45, 7) is 1.83. The van der Waals surface area contributed by atoms with E-state index in [-0.39, 0.29) is 52.9 Å². The van der Waals surface area contributed by atoms with Crippen molar-refractivity contribution in [3.8, 4) is 17.2 Å². The van der Waals surface area contributed by atoms with Crippen molar-refractivity contribution in [2.75, 3.05) is 25.5 Å². The number of carbonyl (C=O) groups excluding carboxylic acids is 4. The molecule has 0 aliphatic rings. The minimum atomic E-state index is -1.15. The smallest absolute Gasteiger partial charge is 0.339 e. The third-order valence-electron chi connectivity index (χ3n) is 7.50. The highest BCUT2D eigenvalue weighted by molar-refractivity contribution is 6.03. The van der Waals surface area contributed by atoms with Crippen molar-refractivity contribution in [2.45, 2.75) is 44.7 Å². The number of aliphatic imine (C=N–C) groups is 1. The zero-order valence-corrected chi connectivity index (χ0v) is 28.2. The molecular weight excluding hydrogens is 644 g/mol. The third kappa shape index (κ3) is 11.3. The SMILES string of the molecule is C/C(=C\c1ccc(N(C)C)cc1O)C(=O)Oc1ccc(N=C(N)N)cc1C(=O)N[C@@H](CCCCN)C(=O)N[C@@H](Cc1ccc(O)cc1)C(N)=O. The summed E-state index contributed by atoms with van der Waals surface area (Å²) in [5, 5.41) is 25.3. The topological polar surface area (TPSA) is 262 Å². The molecule has 3 aromatic carbocycles. The maximum absolute atomic E-state index is 13.8. The summed E-state index contributed by atoms with van der Waals surface area (Å²) in [6, 6.07) is 12.8. The molecule has 50 heavy (non-hydrogen) atoms. The summed E-state index contributed by atoms with van der Waals surface area (Å²) < 4.78 is 5.61. The number of nitrogens with zero attached hydrogens (tertiary/aromatic N) is 2. The van der Waals surface area contributed by atoms with Crippen molar-refractivity contribution in [1.82, 2.24) is 10.6 Å². The van der Waals surface area contributed by atoms with Gasteiger partial charge in [-0.05, 0) is 86.8 Å². The Kier molecular flexibility index (Phi) is 13.7. The monoisotopic (exact) mass is 688 g/mol. The van der Waals surface area contributed by atoms with Gasteiger partial charge in [-0.2, -0.15) is 0 Å². The van der Waals surface area contributed by atoms with Gasteiger partial charge in [0.1, 0.15) is 29.3 Å². The molecule has 3 amide bonds. The Labute approximate surface area is 290 Å². The number of unbranched alkanes of at least 4 members (excludes halogenated alkanes) is 1. The Bertz CT molecular complexity index is 1750. The number of guanidine groups is 1. The van der Waals surface area contributed by atoms with Crippen LogP contribution in [0.2, 0.25) is 0 Å². The Balaban J connectivity index is 1.89. The molecule has 0 radical (unpaired) electrons. The fourth-order valence-corrected chi connectivity index (χ4v) is 4.77. The van der Waals surface area contributed by atoms with Crippen LogP contribution in [0, 0.1) is 0 Å². The second-order valence-corrected chi connectivity index (χ2v) is 11.7. The normalized spacial score (nSPS) is 12.3. The molecular formula is C35H44N8O7. The van der Waals surface area contributed by atoms with Crippen LogP contribution in [0.25, 0.3) is 6.08 Å². The first-order valence-corrected chi connectivity index (χ1v) is 15.7. The number of ether oxygens (including phenoxy) is 1. The molecule has 266 valence electrons. The summed E-state index contributed by atoms with van der Waals surface area (Å²) in [6.07, 6.45) is 2.64. The molecule has 0 spiro atoms. The standard InChI is InChI=1S/C35H44N8O7/c1-20(16-22-9-11-24(43(2)3)19-29(22)45)34(49)50-30-14-10-23(40-35(38)39)18-26(30)32(47)41-27(6-4-5-15-36)33(48)42-28(31(37)46)17-21-7-12-25(44)13-8-21/h7-14,16,18-19,27-28,44-45H,4-6,15,17,36H2,1-3H3,(H2,37,46)(H,41,47)(H,42,48)(H4,38,39,40)/b20-16+/t27-,28-/m0/s1. The number of hydrogen-bond acceptors (Lipinski definition) is 10. The highest BCUT2D eigenvalue weighted by atomic mass is 16.5. The number of phenolic OH excluding ortho intramolecular Hbond substituents is 2. The van der Waals surface area contributed by atoms with Crippen LogP contribution in [0.1, 0.15) is 47.7 Å². The molecule has 15 heteroatoms. The number of aromatic hydroxyl groups is 2. The number of phenols is 2. The van der Waals surface area contributed by atoms with Crippen LogP contribution in [-0.4, -0.2) is 72.6 Å². The number of benzene rings is 3. The molecule has 3 aromatic rings. The van der Waals surface area contributed by atoms with Gasteiger partial charge < -0.3 is 53.4 Å². The van der Waals surface area contributed by atoms with Gasteiger partial charge in [0.25, 0.3) is 5.91 Å². The van der Waals surface area contributed by atoms with E-state index in [0.717, 1.165) is 5.69 Å². The second kappa shape index (κ2) is 17.9. The van der Waals surface area contributed by atoms with E-state index in [4.69, 9.17) is 27.7 Å². The first kappa shape index (κ1) is 38.4. The zero-order chi connectivity index (χ0) is 37.0. The number of nitrogens with one attached hydrogen (secondary N) is 2. The third-order valence-corrected chi connectivity index (χ3v) is 7.50. The number of carbonyl (C=O) groups is 4. The van der Waals surface area contributed by atoms with E-state index in [9.17, 15) is 29.4 Å². The molecule has 12 N–H and O–H groups in total. The zero-order valence-electron chi connectivity index (χ0n) is 28.2. The van der Waals surface area contributed by atoms with Crippen molar-refractivity contribution < 1.29 is 34.1 Å². The molecule has 0 aromatic heterocycles. The average molecular weight is 689 g/mol. The van der Waals surface area contributed by atoms with Crippen molar-refractivity contribution in [1.29, 1.82) is 0 Å². The number of esters is 1. The van der Waals surface area contributed by atoms with Gasteiger partial charge in [-0.1, -0.05) is 12.1 Å². The summed E-state index contributed by atoms with van der Waals surface area (Å²) in [5.41, 5.74) is 24.2. The van der Waals surface area contributed by atoms with Crippen LogP contribution >= 0.6 is 0 Å². The predicted molar refractivity (Wildman–Crippen MR) is 191 cm³/mol. The first-order chi connectivity index (χ1) is 23.7. The van der Waals surface area contributed by atoms with Crippen LogP contribution in [-0.2, 0) is 20.8 Å². The van der Waals surface area contributed by atoms with E-state index in [2.05, 4.69) is 15.6 Å². The highest BCUT2D eigenvalue weighted by Crippen LogP contribution is 2.28. The van der Waals surface area contributed by atoms with E-state index >= 15 is 0 Å². The van der Waals surface area contributed by atoms with Gasteiger partial charge in [-0.3, -0.25) is 14.4 Å². The average Bonchev–Trinajstić information content (AvgIpc) is 3.05. The molecule has 0 aliphatic heterocycles. The number of primary amides is 1. The van der Waals surface area contributed by atoms with Crippen molar-refractivity contribution in [2.24, 2.45) is 27.9 Å². The molecule has 0 saturated carbocycles. The number of nitrogens with two attached hydrogens (primary N) is 4. The molecule has 0 unspecified atom stereocenters. The number of amides is 3. The lowest BCUT2D eigenvalue weighted by Gasteiger charge is -2.22. The molecule has 0 bridgehead atoms. The molecule has 0 aliphatic carbocycles. The Morgan fingerprint density at radius 1 is 0.920 bits per heavy atom. The second-order valence-electron chi connectivity index (χ2n) is 11.7. The van der Waals surface area contributed by atoms with Gasteiger partial charge in [0, 0.05) is 43.4 Å². The van der Waals surface area contributed by atoms with Gasteiger partial charge in [-0.25, -0.2) is 9.79 Å². The lowest BCUT2D eigenvalue weighted by Crippen LogP contribution is -2.53. The van der Waals surface area contributed by atoms with E-state index in [1.807, 2.05) is 19.0 Å². The largest absolute Gasteiger partial charge is 0.508 e. The van der Waals surface area contributed by atoms with E-state index < -0.39 is 35.8 Å². The maximum Gasteiger partial charge on any atom is 0.339 e. The molecule has 3 rings (SSSR count). The van der Waals surface area contributed by atoms with Crippen LogP contribution in [0.5, 0.6) is 17.2 Å². The Morgan fingerprint density at radius 3 is 2.22 bits per heavy atom. The lowest BCUT2D eigenvalue weighted by atomic mass is 10.0. The van der Waals surface area contributed by atoms with Crippen molar-refractivity contribution in [3.05, 3.63) is 82.9 Å². The van der Waals surface area contributed by atoms with Crippen LogP contribution < -0.4 is 43.2 Å². The minimum absolute atomic E-state index is 0.0328. The van der Waals surface area contributed by atoms with Gasteiger partial charge in [0.2, 0.25) is 11.8 Å². The summed E-state index contributed by atoms with van der Waals surface area (Å²) in [5.74, 6) is -3.58. The fraction of sp³-hybridized carbons (Fsp3) is 0.286. The van der Waals surface area contributed by atoms with E-state index in [1.54, 1.807) is 30.3 Å². The molecule has 2 atom stereocenters. The van der Waals surface area contributed by atoms with Gasteiger partial charge in [0.05, 0.1) is 11.3 Å². The van der Waals surface area contributed by atoms with Crippen LogP contribution in [0.15, 0.2) is 71.2 Å². The van der Waals surface area contributed by atoms with E-state index in [1.165, 1.54) is 43.3 Å². The van der Waals surface area contributed by atoms with E-state index in [0.29, 0.717) is 30.5 Å². The van der Waals surface area contributed by atoms with Crippen molar-refractivity contribution in [3.63, 3.8) is 0 Å². The number of anilines is 1. The maximum atomic E-state index is 13.8. The molecule has 0 saturated heterocycles. The molecule has 0 heterocycles. The highest BCUT2D eigenvalue weighted by Gasteiger charge is 2.28.